The molecule has 9 heteroatoms. The van der Waals surface area contributed by atoms with E-state index in [1.165, 1.54) is 5.48 Å². The van der Waals surface area contributed by atoms with E-state index >= 15 is 0 Å². The number of alkyl halides is 3. The Labute approximate surface area is 123 Å². The lowest BCUT2D eigenvalue weighted by molar-refractivity contribution is -0.183. The fraction of sp³-hybridized carbons (Fsp3) is 0.462. The van der Waals surface area contributed by atoms with Gasteiger partial charge in [-0.2, -0.15) is 13.2 Å². The highest BCUT2D eigenvalue weighted by atomic mass is 19.4. The number of amides is 2. The normalized spacial score (nSPS) is 12.2. The molecule has 0 spiro atoms. The third kappa shape index (κ3) is 5.47. The number of hydroxylamine groups is 1. The number of benzene rings is 1. The van der Waals surface area contributed by atoms with Crippen LogP contribution in [0.15, 0.2) is 12.1 Å². The number of carbonyl (C=O) groups is 1. The van der Waals surface area contributed by atoms with Gasteiger partial charge in [0.05, 0.1) is 5.69 Å². The van der Waals surface area contributed by atoms with Crippen molar-refractivity contribution in [1.82, 2.24) is 5.48 Å². The minimum absolute atomic E-state index is 0.149. The summed E-state index contributed by atoms with van der Waals surface area (Å²) in [6.07, 6.45) is -4.62. The van der Waals surface area contributed by atoms with Gasteiger partial charge in [0.25, 0.3) is 0 Å². The Morgan fingerprint density at radius 2 is 1.77 bits per heavy atom. The van der Waals surface area contributed by atoms with E-state index in [1.54, 1.807) is 20.8 Å². The number of hydrogen-bond acceptors (Lipinski definition) is 2. The second-order valence-corrected chi connectivity index (χ2v) is 5.52. The maximum atomic E-state index is 13.8. The molecule has 0 bridgehead atoms. The van der Waals surface area contributed by atoms with Crippen molar-refractivity contribution in [3.05, 3.63) is 29.3 Å². The standard InChI is InChI=1S/C13H15F5N2O2/c1-12(2,3)8-4-7(14)5-9(15)10(8)19-11(21)20-22-6-13(16,17)18/h4-5H,6H2,1-3H3,(H2,19,20,21). The van der Waals surface area contributed by atoms with Gasteiger partial charge in [0, 0.05) is 6.07 Å². The summed E-state index contributed by atoms with van der Waals surface area (Å²) in [5.74, 6) is -1.88. The summed E-state index contributed by atoms with van der Waals surface area (Å²) >= 11 is 0. The Balaban J connectivity index is 2.87. The first-order valence-electron chi connectivity index (χ1n) is 6.15. The van der Waals surface area contributed by atoms with E-state index < -0.39 is 35.9 Å². The Morgan fingerprint density at radius 1 is 1.18 bits per heavy atom. The molecule has 22 heavy (non-hydrogen) atoms. The minimum atomic E-state index is -4.62. The highest BCUT2D eigenvalue weighted by Crippen LogP contribution is 2.32. The van der Waals surface area contributed by atoms with Crippen LogP contribution in [-0.4, -0.2) is 18.8 Å². The van der Waals surface area contributed by atoms with Crippen LogP contribution in [0.5, 0.6) is 0 Å². The molecule has 0 atom stereocenters. The number of urea groups is 1. The smallest absolute Gasteiger partial charge is 0.303 e. The molecule has 2 amide bonds. The first-order valence-corrected chi connectivity index (χ1v) is 6.15. The average Bonchev–Trinajstić information content (AvgIpc) is 2.29. The molecule has 0 aliphatic carbocycles. The quantitative estimate of drug-likeness (QED) is 0.654. The molecule has 4 nitrogen and oxygen atoms in total. The van der Waals surface area contributed by atoms with Gasteiger partial charge in [-0.3, -0.25) is 4.84 Å². The zero-order chi connectivity index (χ0) is 17.1. The van der Waals surface area contributed by atoms with Crippen molar-refractivity contribution >= 4 is 11.7 Å². The van der Waals surface area contributed by atoms with Crippen molar-refractivity contribution in [2.75, 3.05) is 11.9 Å². The van der Waals surface area contributed by atoms with E-state index in [4.69, 9.17) is 0 Å². The molecule has 1 aromatic carbocycles. The van der Waals surface area contributed by atoms with Gasteiger partial charge in [0.15, 0.2) is 6.61 Å². The van der Waals surface area contributed by atoms with Crippen molar-refractivity contribution in [2.24, 2.45) is 0 Å². The van der Waals surface area contributed by atoms with Crippen LogP contribution in [0.4, 0.5) is 32.4 Å². The van der Waals surface area contributed by atoms with Gasteiger partial charge in [-0.05, 0) is 17.0 Å². The molecule has 1 rings (SSSR count). The van der Waals surface area contributed by atoms with Crippen LogP contribution >= 0.6 is 0 Å². The van der Waals surface area contributed by atoms with Crippen molar-refractivity contribution in [1.29, 1.82) is 0 Å². The van der Waals surface area contributed by atoms with E-state index in [1.807, 2.05) is 5.32 Å². The zero-order valence-electron chi connectivity index (χ0n) is 12.1. The molecule has 1 aromatic rings. The summed E-state index contributed by atoms with van der Waals surface area (Å²) in [6.45, 7) is 3.28. The lowest BCUT2D eigenvalue weighted by Crippen LogP contribution is -2.33. The van der Waals surface area contributed by atoms with E-state index in [-0.39, 0.29) is 11.3 Å². The van der Waals surface area contributed by atoms with Gasteiger partial charge < -0.3 is 5.32 Å². The molecule has 0 aliphatic heterocycles. The molecule has 0 saturated heterocycles. The van der Waals surface area contributed by atoms with Gasteiger partial charge in [0.2, 0.25) is 0 Å². The maximum absolute atomic E-state index is 13.8. The summed E-state index contributed by atoms with van der Waals surface area (Å²) in [6, 6.07) is 0.386. The lowest BCUT2D eigenvalue weighted by Gasteiger charge is -2.23. The van der Waals surface area contributed by atoms with Gasteiger partial charge >= 0.3 is 12.2 Å². The first-order chi connectivity index (χ1) is 9.90. The lowest BCUT2D eigenvalue weighted by atomic mass is 9.85. The molecule has 0 aromatic heterocycles. The second kappa shape index (κ2) is 6.47. The monoisotopic (exact) mass is 326 g/mol. The van der Waals surface area contributed by atoms with E-state index in [0.29, 0.717) is 6.07 Å². The summed E-state index contributed by atoms with van der Waals surface area (Å²) < 4.78 is 62.7. The first kappa shape index (κ1) is 18.1. The Hall–Kier alpha value is -1.90. The molecule has 2 N–H and O–H groups in total. The minimum Gasteiger partial charge on any atom is -0.303 e. The molecule has 0 aliphatic rings. The van der Waals surface area contributed by atoms with Crippen molar-refractivity contribution < 1.29 is 31.6 Å². The maximum Gasteiger partial charge on any atom is 0.414 e. The number of hydrogen-bond donors (Lipinski definition) is 2. The van der Waals surface area contributed by atoms with Gasteiger partial charge in [0.1, 0.15) is 11.6 Å². The number of carbonyl (C=O) groups excluding carboxylic acids is 1. The SMILES string of the molecule is CC(C)(C)c1cc(F)cc(F)c1NC(=O)NOCC(F)(F)F. The summed E-state index contributed by atoms with van der Waals surface area (Å²) in [5.41, 5.74) is 0.585. The Kier molecular flexibility index (Phi) is 5.34. The topological polar surface area (TPSA) is 50.4 Å². The van der Waals surface area contributed by atoms with Crippen molar-refractivity contribution in [3.63, 3.8) is 0 Å². The highest BCUT2D eigenvalue weighted by Gasteiger charge is 2.28. The number of nitrogens with one attached hydrogen (secondary N) is 2. The third-order valence-electron chi connectivity index (χ3n) is 2.50. The zero-order valence-corrected chi connectivity index (χ0v) is 12.1. The predicted molar refractivity (Wildman–Crippen MR) is 69.2 cm³/mol. The van der Waals surface area contributed by atoms with Crippen LogP contribution in [0.3, 0.4) is 0 Å². The number of halogens is 5. The van der Waals surface area contributed by atoms with Gasteiger partial charge in [-0.15, -0.1) is 0 Å². The number of rotatable bonds is 3. The van der Waals surface area contributed by atoms with Crippen LogP contribution in [0.2, 0.25) is 0 Å². The molecule has 0 radical (unpaired) electrons. The van der Waals surface area contributed by atoms with E-state index in [9.17, 15) is 26.7 Å². The fourth-order valence-corrected chi connectivity index (χ4v) is 1.61. The largest absolute Gasteiger partial charge is 0.414 e. The number of anilines is 1. The van der Waals surface area contributed by atoms with E-state index in [2.05, 4.69) is 4.84 Å². The van der Waals surface area contributed by atoms with Gasteiger partial charge in [-0.1, -0.05) is 20.8 Å². The fourth-order valence-electron chi connectivity index (χ4n) is 1.61. The van der Waals surface area contributed by atoms with Crippen LogP contribution in [0.25, 0.3) is 0 Å². The summed E-state index contributed by atoms with van der Waals surface area (Å²) in [4.78, 5) is 15.4. The highest BCUT2D eigenvalue weighted by molar-refractivity contribution is 5.89. The molecular weight excluding hydrogens is 311 g/mol. The van der Waals surface area contributed by atoms with Crippen LogP contribution in [0, 0.1) is 11.6 Å². The average molecular weight is 326 g/mol. The van der Waals surface area contributed by atoms with Crippen molar-refractivity contribution in [3.8, 4) is 0 Å². The second-order valence-electron chi connectivity index (χ2n) is 5.52. The Morgan fingerprint density at radius 3 is 2.27 bits per heavy atom. The Bertz CT molecular complexity index is 553. The van der Waals surface area contributed by atoms with Crippen LogP contribution in [-0.2, 0) is 10.3 Å². The molecule has 0 fully saturated rings. The molecule has 0 heterocycles. The van der Waals surface area contributed by atoms with Crippen LogP contribution in [0.1, 0.15) is 26.3 Å². The third-order valence-corrected chi connectivity index (χ3v) is 2.50. The van der Waals surface area contributed by atoms with Crippen LogP contribution < -0.4 is 10.8 Å². The summed E-state index contributed by atoms with van der Waals surface area (Å²) in [7, 11) is 0. The van der Waals surface area contributed by atoms with E-state index in [0.717, 1.165) is 6.07 Å². The van der Waals surface area contributed by atoms with Gasteiger partial charge in [-0.25, -0.2) is 19.1 Å². The predicted octanol–water partition coefficient (Wildman–Crippen LogP) is 3.88. The molecule has 124 valence electrons. The van der Waals surface area contributed by atoms with Crippen molar-refractivity contribution in [2.45, 2.75) is 32.4 Å². The molecular formula is C13H15F5N2O2. The summed E-state index contributed by atoms with van der Waals surface area (Å²) in [5, 5.41) is 2.01. The molecule has 0 saturated carbocycles. The molecule has 0 unspecified atom stereocenters.